The highest BCUT2D eigenvalue weighted by atomic mass is 79.9. The third kappa shape index (κ3) is 2.96. The molecule has 0 N–H and O–H groups in total. The Balaban J connectivity index is 2.15. The molecule has 1 aliphatic rings. The van der Waals surface area contributed by atoms with Crippen LogP contribution in [-0.2, 0) is 0 Å². The molecular weight excluding hydrogens is 309 g/mol. The fraction of sp³-hybridized carbons (Fsp3) is 0.583. The van der Waals surface area contributed by atoms with Gasteiger partial charge >= 0.3 is 6.18 Å². The lowest BCUT2D eigenvalue weighted by Gasteiger charge is -2.34. The molecule has 2 heterocycles. The maximum absolute atomic E-state index is 12.7. The number of piperidine rings is 1. The summed E-state index contributed by atoms with van der Waals surface area (Å²) in [7, 11) is 0. The predicted molar refractivity (Wildman–Crippen MR) is 67.7 cm³/mol. The van der Waals surface area contributed by atoms with Gasteiger partial charge in [-0.25, -0.2) is 4.98 Å². The lowest BCUT2D eigenvalue weighted by molar-refractivity contribution is -0.176. The number of nitrogens with zero attached hydrogens (tertiary/aromatic N) is 2. The number of halogens is 4. The Bertz CT molecular complexity index is 434. The predicted octanol–water partition coefficient (Wildman–Crippen LogP) is 3.93. The molecule has 1 aromatic rings. The van der Waals surface area contributed by atoms with Gasteiger partial charge in [-0.1, -0.05) is 0 Å². The average Bonchev–Trinajstić information content (AvgIpc) is 2.32. The second-order valence-electron chi connectivity index (χ2n) is 4.62. The van der Waals surface area contributed by atoms with Crippen LogP contribution in [0, 0.1) is 12.8 Å². The van der Waals surface area contributed by atoms with E-state index in [-0.39, 0.29) is 13.0 Å². The quantitative estimate of drug-likeness (QED) is 0.778. The molecule has 1 fully saturated rings. The third-order valence-corrected chi connectivity index (χ3v) is 4.07. The molecule has 1 atom stereocenters. The Morgan fingerprint density at radius 2 is 2.17 bits per heavy atom. The van der Waals surface area contributed by atoms with Gasteiger partial charge in [0.1, 0.15) is 5.82 Å². The maximum Gasteiger partial charge on any atom is 0.393 e. The summed E-state index contributed by atoms with van der Waals surface area (Å²) in [6.07, 6.45) is -1.69. The minimum absolute atomic E-state index is 0.0115. The van der Waals surface area contributed by atoms with Crippen LogP contribution in [0.1, 0.15) is 18.4 Å². The molecule has 6 heteroatoms. The van der Waals surface area contributed by atoms with E-state index in [4.69, 9.17) is 0 Å². The van der Waals surface area contributed by atoms with E-state index in [1.54, 1.807) is 11.1 Å². The first-order valence-electron chi connectivity index (χ1n) is 5.81. The van der Waals surface area contributed by atoms with E-state index in [0.29, 0.717) is 18.8 Å². The molecule has 0 saturated carbocycles. The number of aromatic nitrogens is 1. The molecule has 0 spiro atoms. The lowest BCUT2D eigenvalue weighted by atomic mass is 9.97. The van der Waals surface area contributed by atoms with Crippen LogP contribution < -0.4 is 4.90 Å². The van der Waals surface area contributed by atoms with Crippen molar-refractivity contribution in [3.8, 4) is 0 Å². The van der Waals surface area contributed by atoms with Gasteiger partial charge in [-0.15, -0.1) is 0 Å². The van der Waals surface area contributed by atoms with Crippen molar-refractivity contribution in [3.63, 3.8) is 0 Å². The van der Waals surface area contributed by atoms with Crippen LogP contribution in [0.25, 0.3) is 0 Å². The third-order valence-electron chi connectivity index (χ3n) is 3.24. The van der Waals surface area contributed by atoms with Gasteiger partial charge in [0.2, 0.25) is 0 Å². The van der Waals surface area contributed by atoms with E-state index in [0.717, 1.165) is 10.0 Å². The largest absolute Gasteiger partial charge is 0.393 e. The summed E-state index contributed by atoms with van der Waals surface area (Å²) in [5.74, 6) is -0.610. The zero-order valence-corrected chi connectivity index (χ0v) is 11.6. The van der Waals surface area contributed by atoms with Gasteiger partial charge in [0.05, 0.1) is 5.92 Å². The van der Waals surface area contributed by atoms with E-state index in [1.807, 2.05) is 13.0 Å². The molecule has 1 unspecified atom stereocenters. The minimum Gasteiger partial charge on any atom is -0.356 e. The molecule has 0 bridgehead atoms. The Morgan fingerprint density at radius 1 is 1.44 bits per heavy atom. The fourth-order valence-corrected chi connectivity index (χ4v) is 2.37. The molecule has 100 valence electrons. The number of rotatable bonds is 1. The second-order valence-corrected chi connectivity index (χ2v) is 5.47. The van der Waals surface area contributed by atoms with Gasteiger partial charge in [0, 0.05) is 23.8 Å². The number of alkyl halides is 3. The molecule has 0 amide bonds. The number of hydrogen-bond donors (Lipinski definition) is 0. The molecule has 2 rings (SSSR count). The van der Waals surface area contributed by atoms with Crippen LogP contribution >= 0.6 is 15.9 Å². The van der Waals surface area contributed by atoms with Crippen molar-refractivity contribution >= 4 is 21.7 Å². The van der Waals surface area contributed by atoms with Crippen LogP contribution in [0.3, 0.4) is 0 Å². The average molecular weight is 323 g/mol. The van der Waals surface area contributed by atoms with Gasteiger partial charge < -0.3 is 4.90 Å². The van der Waals surface area contributed by atoms with E-state index < -0.39 is 12.1 Å². The normalized spacial score (nSPS) is 21.2. The highest BCUT2D eigenvalue weighted by Gasteiger charge is 2.42. The van der Waals surface area contributed by atoms with Crippen molar-refractivity contribution < 1.29 is 13.2 Å². The van der Waals surface area contributed by atoms with Gasteiger partial charge in [0.25, 0.3) is 0 Å². The molecule has 18 heavy (non-hydrogen) atoms. The minimum atomic E-state index is -4.11. The summed E-state index contributed by atoms with van der Waals surface area (Å²) in [4.78, 5) is 5.91. The van der Waals surface area contributed by atoms with Crippen LogP contribution in [0.15, 0.2) is 16.7 Å². The van der Waals surface area contributed by atoms with Crippen LogP contribution in [0.4, 0.5) is 19.0 Å². The van der Waals surface area contributed by atoms with Gasteiger partial charge in [-0.3, -0.25) is 0 Å². The molecule has 2 nitrogen and oxygen atoms in total. The maximum atomic E-state index is 12.7. The second kappa shape index (κ2) is 5.07. The Hall–Kier alpha value is -0.780. The topological polar surface area (TPSA) is 16.1 Å². The summed E-state index contributed by atoms with van der Waals surface area (Å²) < 4.78 is 39.0. The van der Waals surface area contributed by atoms with Gasteiger partial charge in [-0.2, -0.15) is 13.2 Å². The summed E-state index contributed by atoms with van der Waals surface area (Å²) >= 11 is 3.34. The van der Waals surface area contributed by atoms with Crippen molar-refractivity contribution in [3.05, 3.63) is 22.3 Å². The highest BCUT2D eigenvalue weighted by Crippen LogP contribution is 2.34. The molecule has 1 aliphatic heterocycles. The SMILES string of the molecule is Cc1cc(N2CCCC(C(F)(F)F)C2)ncc1Br. The Labute approximate surface area is 112 Å². The fourth-order valence-electron chi connectivity index (χ4n) is 2.15. The van der Waals surface area contributed by atoms with Crippen molar-refractivity contribution in [1.29, 1.82) is 0 Å². The van der Waals surface area contributed by atoms with Crippen molar-refractivity contribution in [2.24, 2.45) is 5.92 Å². The Kier molecular flexibility index (Phi) is 3.84. The van der Waals surface area contributed by atoms with E-state index >= 15 is 0 Å². The van der Waals surface area contributed by atoms with Crippen molar-refractivity contribution in [2.75, 3.05) is 18.0 Å². The molecule has 1 saturated heterocycles. The summed E-state index contributed by atoms with van der Waals surface area (Å²) in [5.41, 5.74) is 0.981. The number of hydrogen-bond acceptors (Lipinski definition) is 2. The number of pyridine rings is 1. The smallest absolute Gasteiger partial charge is 0.356 e. The summed E-state index contributed by atoms with van der Waals surface area (Å²) in [5, 5.41) is 0. The number of anilines is 1. The lowest BCUT2D eigenvalue weighted by Crippen LogP contribution is -2.42. The standard InChI is InChI=1S/C12H14BrF3N2/c1-8-5-11(17-6-10(8)13)18-4-2-3-9(7-18)12(14,15)16/h5-6,9H,2-4,7H2,1H3. The van der Waals surface area contributed by atoms with Crippen molar-refractivity contribution in [2.45, 2.75) is 25.9 Å². The highest BCUT2D eigenvalue weighted by molar-refractivity contribution is 9.10. The molecule has 0 aromatic carbocycles. The zero-order valence-electron chi connectivity index (χ0n) is 9.97. The monoisotopic (exact) mass is 322 g/mol. The van der Waals surface area contributed by atoms with E-state index in [2.05, 4.69) is 20.9 Å². The zero-order chi connectivity index (χ0) is 13.3. The Morgan fingerprint density at radius 3 is 2.78 bits per heavy atom. The first-order valence-corrected chi connectivity index (χ1v) is 6.61. The molecule has 1 aromatic heterocycles. The molecule has 0 radical (unpaired) electrons. The van der Waals surface area contributed by atoms with E-state index in [1.165, 1.54) is 0 Å². The van der Waals surface area contributed by atoms with Crippen LogP contribution in [-0.4, -0.2) is 24.2 Å². The first-order chi connectivity index (χ1) is 8.38. The molecular formula is C12H14BrF3N2. The summed E-state index contributed by atoms with van der Waals surface area (Å²) in [6, 6.07) is 1.82. The van der Waals surface area contributed by atoms with Crippen LogP contribution in [0.5, 0.6) is 0 Å². The molecule has 0 aliphatic carbocycles. The van der Waals surface area contributed by atoms with Crippen molar-refractivity contribution in [1.82, 2.24) is 4.98 Å². The van der Waals surface area contributed by atoms with Gasteiger partial charge in [0.15, 0.2) is 0 Å². The van der Waals surface area contributed by atoms with Crippen LogP contribution in [0.2, 0.25) is 0 Å². The van der Waals surface area contributed by atoms with E-state index in [9.17, 15) is 13.2 Å². The first kappa shape index (κ1) is 13.6. The summed E-state index contributed by atoms with van der Waals surface area (Å²) in [6.45, 7) is 2.55. The van der Waals surface area contributed by atoms with Gasteiger partial charge in [-0.05, 0) is 47.3 Å². The number of aryl methyl sites for hydroxylation is 1.